The van der Waals surface area contributed by atoms with Crippen LogP contribution in [0.15, 0.2) is 24.3 Å². The first-order valence-electron chi connectivity index (χ1n) is 9.95. The molecule has 1 aliphatic carbocycles. The number of β-amino-alcohol motifs (C(OH)–C–C–N with tert-alkyl or cyclic N) is 1. The number of anilines is 2. The van der Waals surface area contributed by atoms with Crippen molar-refractivity contribution in [1.29, 1.82) is 0 Å². The van der Waals surface area contributed by atoms with Crippen molar-refractivity contribution in [3.05, 3.63) is 24.3 Å². The lowest BCUT2D eigenvalue weighted by Crippen LogP contribution is -2.47. The Morgan fingerprint density at radius 2 is 1.77 bits per heavy atom. The molecule has 2 heterocycles. The normalized spacial score (nSPS) is 19.8. The number of benzene rings is 1. The first-order valence-corrected chi connectivity index (χ1v) is 9.95. The molecule has 1 saturated carbocycles. The average Bonchev–Trinajstić information content (AvgIpc) is 2.69. The van der Waals surface area contributed by atoms with Crippen LogP contribution in [0, 0.1) is 0 Å². The van der Waals surface area contributed by atoms with E-state index in [1.165, 1.54) is 32.1 Å². The van der Waals surface area contributed by atoms with Crippen LogP contribution >= 0.6 is 0 Å². The van der Waals surface area contributed by atoms with E-state index < -0.39 is 0 Å². The Labute approximate surface area is 155 Å². The van der Waals surface area contributed by atoms with Gasteiger partial charge in [0.1, 0.15) is 5.82 Å². The molecule has 1 saturated heterocycles. The van der Waals surface area contributed by atoms with E-state index in [1.807, 2.05) is 6.07 Å². The van der Waals surface area contributed by atoms with Gasteiger partial charge in [0.2, 0.25) is 5.95 Å². The molecule has 140 valence electrons. The van der Waals surface area contributed by atoms with Gasteiger partial charge in [-0.15, -0.1) is 0 Å². The summed E-state index contributed by atoms with van der Waals surface area (Å²) in [6, 6.07) is 8.82. The Kier molecular flexibility index (Phi) is 5.51. The number of rotatable bonds is 5. The van der Waals surface area contributed by atoms with E-state index in [0.717, 1.165) is 55.4 Å². The molecule has 26 heavy (non-hydrogen) atoms. The smallest absolute Gasteiger partial charge is 0.227 e. The fraction of sp³-hybridized carbons (Fsp3) is 0.600. The van der Waals surface area contributed by atoms with E-state index in [9.17, 15) is 0 Å². The summed E-state index contributed by atoms with van der Waals surface area (Å²) in [6.07, 6.45) is 6.42. The molecular weight excluding hydrogens is 326 g/mol. The number of para-hydroxylation sites is 1. The Morgan fingerprint density at radius 1 is 1.00 bits per heavy atom. The summed E-state index contributed by atoms with van der Waals surface area (Å²) < 4.78 is 0. The molecule has 0 unspecified atom stereocenters. The predicted molar refractivity (Wildman–Crippen MR) is 106 cm³/mol. The Bertz CT molecular complexity index is 723. The third-order valence-corrected chi connectivity index (χ3v) is 5.61. The first-order chi connectivity index (χ1) is 12.8. The van der Waals surface area contributed by atoms with Gasteiger partial charge in [0.15, 0.2) is 0 Å². The summed E-state index contributed by atoms with van der Waals surface area (Å²) in [5, 5.41) is 13.9. The number of fused-ring (bicyclic) bond motifs is 1. The second-order valence-electron chi connectivity index (χ2n) is 7.42. The maximum atomic E-state index is 9.12. The lowest BCUT2D eigenvalue weighted by Gasteiger charge is -2.34. The number of piperazine rings is 1. The third kappa shape index (κ3) is 3.91. The minimum atomic E-state index is 0.224. The van der Waals surface area contributed by atoms with Gasteiger partial charge in [-0.25, -0.2) is 4.98 Å². The topological polar surface area (TPSA) is 64.5 Å². The van der Waals surface area contributed by atoms with E-state index in [1.54, 1.807) is 0 Å². The molecule has 2 N–H and O–H groups in total. The monoisotopic (exact) mass is 355 g/mol. The SMILES string of the molecule is OCCN1CCN(c2nc(NC3CCCCC3)c3ccccc3n2)CC1. The van der Waals surface area contributed by atoms with Gasteiger partial charge in [-0.05, 0) is 25.0 Å². The Morgan fingerprint density at radius 3 is 2.54 bits per heavy atom. The first kappa shape index (κ1) is 17.5. The fourth-order valence-corrected chi connectivity index (χ4v) is 4.07. The molecule has 2 aliphatic rings. The van der Waals surface area contributed by atoms with E-state index >= 15 is 0 Å². The van der Waals surface area contributed by atoms with Crippen molar-refractivity contribution < 1.29 is 5.11 Å². The van der Waals surface area contributed by atoms with Crippen molar-refractivity contribution in [1.82, 2.24) is 14.9 Å². The van der Waals surface area contributed by atoms with Crippen LogP contribution in [0.25, 0.3) is 10.9 Å². The fourth-order valence-electron chi connectivity index (χ4n) is 4.07. The molecule has 1 aromatic heterocycles. The molecule has 0 radical (unpaired) electrons. The van der Waals surface area contributed by atoms with Crippen LogP contribution in [-0.2, 0) is 0 Å². The molecule has 2 aromatic rings. The number of nitrogens with zero attached hydrogens (tertiary/aromatic N) is 4. The van der Waals surface area contributed by atoms with E-state index in [2.05, 4.69) is 33.3 Å². The van der Waals surface area contributed by atoms with Gasteiger partial charge in [0.05, 0.1) is 12.1 Å². The quantitative estimate of drug-likeness (QED) is 0.859. The van der Waals surface area contributed by atoms with Gasteiger partial charge < -0.3 is 15.3 Å². The van der Waals surface area contributed by atoms with Crippen molar-refractivity contribution in [3.63, 3.8) is 0 Å². The number of aromatic nitrogens is 2. The van der Waals surface area contributed by atoms with Gasteiger partial charge in [-0.3, -0.25) is 4.90 Å². The van der Waals surface area contributed by atoms with Crippen LogP contribution in [0.5, 0.6) is 0 Å². The summed E-state index contributed by atoms with van der Waals surface area (Å²) in [7, 11) is 0. The third-order valence-electron chi connectivity index (χ3n) is 5.61. The minimum absolute atomic E-state index is 0.224. The number of nitrogens with one attached hydrogen (secondary N) is 1. The zero-order valence-electron chi connectivity index (χ0n) is 15.4. The zero-order chi connectivity index (χ0) is 17.8. The molecule has 0 amide bonds. The van der Waals surface area contributed by atoms with Gasteiger partial charge in [0, 0.05) is 44.2 Å². The molecule has 6 heteroatoms. The minimum Gasteiger partial charge on any atom is -0.395 e. The van der Waals surface area contributed by atoms with Crippen LogP contribution in [0.1, 0.15) is 32.1 Å². The van der Waals surface area contributed by atoms with Crippen LogP contribution in [-0.4, -0.2) is 65.3 Å². The van der Waals surface area contributed by atoms with Crippen LogP contribution in [0.3, 0.4) is 0 Å². The molecule has 1 aliphatic heterocycles. The predicted octanol–water partition coefficient (Wildman–Crippen LogP) is 2.49. The largest absolute Gasteiger partial charge is 0.395 e. The summed E-state index contributed by atoms with van der Waals surface area (Å²) in [6.45, 7) is 4.68. The van der Waals surface area contributed by atoms with Crippen LogP contribution < -0.4 is 10.2 Å². The van der Waals surface area contributed by atoms with Crippen LogP contribution in [0.4, 0.5) is 11.8 Å². The molecule has 1 aromatic carbocycles. The molecule has 2 fully saturated rings. The average molecular weight is 355 g/mol. The standard InChI is InChI=1S/C20H29N5O/c26-15-14-24-10-12-25(13-11-24)20-22-18-9-5-4-8-17(18)19(23-20)21-16-6-2-1-3-7-16/h4-5,8-9,16,26H,1-3,6-7,10-15H2,(H,21,22,23). The maximum absolute atomic E-state index is 9.12. The number of hydrogen-bond donors (Lipinski definition) is 2. The summed E-state index contributed by atoms with van der Waals surface area (Å²) >= 11 is 0. The highest BCUT2D eigenvalue weighted by molar-refractivity contribution is 5.90. The molecule has 0 bridgehead atoms. The summed E-state index contributed by atoms with van der Waals surface area (Å²) in [5.41, 5.74) is 1.01. The highest BCUT2D eigenvalue weighted by Crippen LogP contribution is 2.27. The molecule has 0 atom stereocenters. The molecule has 4 rings (SSSR count). The number of hydrogen-bond acceptors (Lipinski definition) is 6. The van der Waals surface area contributed by atoms with Gasteiger partial charge in [-0.1, -0.05) is 31.4 Å². The van der Waals surface area contributed by atoms with E-state index in [0.29, 0.717) is 6.04 Å². The molecule has 6 nitrogen and oxygen atoms in total. The number of aliphatic hydroxyl groups excluding tert-OH is 1. The Balaban J connectivity index is 1.57. The summed E-state index contributed by atoms with van der Waals surface area (Å²) in [5.74, 6) is 1.81. The maximum Gasteiger partial charge on any atom is 0.227 e. The lowest BCUT2D eigenvalue weighted by atomic mass is 9.95. The second-order valence-corrected chi connectivity index (χ2v) is 7.42. The van der Waals surface area contributed by atoms with E-state index in [-0.39, 0.29) is 6.61 Å². The Hall–Kier alpha value is -1.92. The highest BCUT2D eigenvalue weighted by Gasteiger charge is 2.21. The summed E-state index contributed by atoms with van der Waals surface area (Å²) in [4.78, 5) is 14.3. The highest BCUT2D eigenvalue weighted by atomic mass is 16.3. The van der Waals surface area contributed by atoms with Gasteiger partial charge in [-0.2, -0.15) is 4.98 Å². The van der Waals surface area contributed by atoms with Crippen LogP contribution in [0.2, 0.25) is 0 Å². The molecular formula is C20H29N5O. The number of aliphatic hydroxyl groups is 1. The van der Waals surface area contributed by atoms with Crippen molar-refractivity contribution in [2.75, 3.05) is 49.5 Å². The van der Waals surface area contributed by atoms with Crippen molar-refractivity contribution >= 4 is 22.7 Å². The van der Waals surface area contributed by atoms with Crippen molar-refractivity contribution in [3.8, 4) is 0 Å². The second kappa shape index (κ2) is 8.18. The zero-order valence-corrected chi connectivity index (χ0v) is 15.4. The van der Waals surface area contributed by atoms with Gasteiger partial charge >= 0.3 is 0 Å². The molecule has 0 spiro atoms. The van der Waals surface area contributed by atoms with Crippen molar-refractivity contribution in [2.45, 2.75) is 38.1 Å². The van der Waals surface area contributed by atoms with Crippen molar-refractivity contribution in [2.24, 2.45) is 0 Å². The van der Waals surface area contributed by atoms with Gasteiger partial charge in [0.25, 0.3) is 0 Å². The lowest BCUT2D eigenvalue weighted by molar-refractivity contribution is 0.188. The van der Waals surface area contributed by atoms with E-state index in [4.69, 9.17) is 15.1 Å².